The van der Waals surface area contributed by atoms with Crippen LogP contribution in [0.4, 0.5) is 0 Å². The molecule has 2 aliphatic rings. The van der Waals surface area contributed by atoms with Crippen molar-refractivity contribution in [3.8, 4) is 0 Å². The minimum Gasteiger partial charge on any atom is -0.468 e. The Labute approximate surface area is 163 Å². The predicted octanol–water partition coefficient (Wildman–Crippen LogP) is 1.87. The number of allylic oxidation sites excluding steroid dienone is 2. The summed E-state index contributed by atoms with van der Waals surface area (Å²) >= 11 is 0. The van der Waals surface area contributed by atoms with E-state index >= 15 is 0 Å². The van der Waals surface area contributed by atoms with Crippen LogP contribution in [-0.4, -0.2) is 52.3 Å². The Morgan fingerprint density at radius 2 is 0.964 bits per heavy atom. The van der Waals surface area contributed by atoms with Crippen LogP contribution < -0.4 is 0 Å². The summed E-state index contributed by atoms with van der Waals surface area (Å²) < 4.78 is 19.5. The molecule has 0 unspecified atom stereocenters. The molecule has 0 aromatic rings. The van der Waals surface area contributed by atoms with Crippen molar-refractivity contribution in [3.63, 3.8) is 0 Å². The first kappa shape index (κ1) is 21.7. The molecule has 0 aliphatic heterocycles. The lowest BCUT2D eigenvalue weighted by Gasteiger charge is -2.29. The lowest BCUT2D eigenvalue weighted by molar-refractivity contribution is -0.168. The summed E-state index contributed by atoms with van der Waals surface area (Å²) in [4.78, 5) is 49.8. The number of hydrogen-bond acceptors (Lipinski definition) is 8. The van der Waals surface area contributed by atoms with Crippen LogP contribution in [0.2, 0.25) is 0 Å². The van der Waals surface area contributed by atoms with Crippen LogP contribution in [0.5, 0.6) is 0 Å². The molecule has 28 heavy (non-hydrogen) atoms. The largest absolute Gasteiger partial charge is 0.468 e. The molecule has 2 rings (SSSR count). The maximum Gasteiger partial charge on any atom is 0.327 e. The maximum atomic E-state index is 12.5. The van der Waals surface area contributed by atoms with Crippen molar-refractivity contribution in [1.82, 2.24) is 0 Å². The van der Waals surface area contributed by atoms with Gasteiger partial charge < -0.3 is 18.9 Å². The molecule has 2 aliphatic carbocycles. The number of methoxy groups -OCH3 is 4. The highest BCUT2D eigenvalue weighted by molar-refractivity contribution is 6.05. The van der Waals surface area contributed by atoms with E-state index in [1.807, 2.05) is 12.2 Å². The van der Waals surface area contributed by atoms with Gasteiger partial charge in [0.25, 0.3) is 0 Å². The second-order valence-corrected chi connectivity index (χ2v) is 6.81. The molecule has 0 atom stereocenters. The predicted molar refractivity (Wildman–Crippen MR) is 96.8 cm³/mol. The molecule has 0 amide bonds. The number of rotatable bonds is 7. The van der Waals surface area contributed by atoms with E-state index in [9.17, 15) is 19.2 Å². The SMILES string of the molecule is COC(=O)C1(C(=O)OC)CCC=C1CCC1=CCCC1(C(=O)OC)C(=O)OC. The van der Waals surface area contributed by atoms with Crippen LogP contribution in [0.3, 0.4) is 0 Å². The second kappa shape index (κ2) is 8.58. The number of carbonyl (C=O) groups is 4. The Hall–Kier alpha value is -2.64. The maximum absolute atomic E-state index is 12.5. The molecule has 0 bridgehead atoms. The zero-order valence-electron chi connectivity index (χ0n) is 16.7. The number of esters is 4. The fraction of sp³-hybridized carbons (Fsp3) is 0.600. The third kappa shape index (κ3) is 3.21. The molecule has 0 aromatic carbocycles. The van der Waals surface area contributed by atoms with Gasteiger partial charge in [-0.1, -0.05) is 12.2 Å². The lowest BCUT2D eigenvalue weighted by Crippen LogP contribution is -2.42. The fourth-order valence-electron chi connectivity index (χ4n) is 4.29. The average molecular weight is 394 g/mol. The first-order chi connectivity index (χ1) is 13.3. The fourth-order valence-corrected chi connectivity index (χ4v) is 4.29. The molecule has 8 nitrogen and oxygen atoms in total. The van der Waals surface area contributed by atoms with E-state index in [-0.39, 0.29) is 12.8 Å². The smallest absolute Gasteiger partial charge is 0.327 e. The molecule has 0 N–H and O–H groups in total. The van der Waals surface area contributed by atoms with Crippen molar-refractivity contribution in [2.24, 2.45) is 10.8 Å². The Bertz CT molecular complexity index is 636. The van der Waals surface area contributed by atoms with Crippen molar-refractivity contribution in [3.05, 3.63) is 23.3 Å². The van der Waals surface area contributed by atoms with Crippen molar-refractivity contribution in [1.29, 1.82) is 0 Å². The highest BCUT2D eigenvalue weighted by atomic mass is 16.6. The van der Waals surface area contributed by atoms with Crippen LogP contribution in [0, 0.1) is 10.8 Å². The summed E-state index contributed by atoms with van der Waals surface area (Å²) in [7, 11) is 4.90. The second-order valence-electron chi connectivity index (χ2n) is 6.81. The lowest BCUT2D eigenvalue weighted by atomic mass is 9.75. The molecule has 0 heterocycles. The highest BCUT2D eigenvalue weighted by Gasteiger charge is 2.55. The van der Waals surface area contributed by atoms with E-state index < -0.39 is 34.7 Å². The zero-order chi connectivity index (χ0) is 20.9. The third-order valence-electron chi connectivity index (χ3n) is 5.72. The highest BCUT2D eigenvalue weighted by Crippen LogP contribution is 2.48. The molecule has 0 fully saturated rings. The van der Waals surface area contributed by atoms with Crippen LogP contribution in [0.15, 0.2) is 23.3 Å². The minimum atomic E-state index is -1.48. The van der Waals surface area contributed by atoms with E-state index in [2.05, 4.69) is 0 Å². The van der Waals surface area contributed by atoms with Crippen LogP contribution in [0.1, 0.15) is 38.5 Å². The molecule has 154 valence electrons. The van der Waals surface area contributed by atoms with Crippen LogP contribution in [-0.2, 0) is 38.1 Å². The number of ether oxygens (including phenoxy) is 4. The Morgan fingerprint density at radius 3 is 1.21 bits per heavy atom. The van der Waals surface area contributed by atoms with E-state index in [1.165, 1.54) is 28.4 Å². The Balaban J connectivity index is 2.31. The number of carbonyl (C=O) groups excluding carboxylic acids is 4. The van der Waals surface area contributed by atoms with Gasteiger partial charge in [-0.2, -0.15) is 0 Å². The standard InChI is InChI=1S/C20H26O8/c1-25-15(21)19(16(22)26-2)11-5-7-13(19)9-10-14-8-6-12-20(14,17(23)27-3)18(24)28-4/h7-8H,5-6,9-12H2,1-4H3. The van der Waals surface area contributed by atoms with Crippen molar-refractivity contribution in [2.75, 3.05) is 28.4 Å². The van der Waals surface area contributed by atoms with E-state index in [0.717, 1.165) is 0 Å². The van der Waals surface area contributed by atoms with Gasteiger partial charge in [-0.25, -0.2) is 0 Å². The summed E-state index contributed by atoms with van der Waals surface area (Å²) in [6, 6.07) is 0. The van der Waals surface area contributed by atoms with Gasteiger partial charge in [0.2, 0.25) is 0 Å². The van der Waals surface area contributed by atoms with Gasteiger partial charge in [-0.15, -0.1) is 0 Å². The van der Waals surface area contributed by atoms with Gasteiger partial charge in [0.15, 0.2) is 10.8 Å². The van der Waals surface area contributed by atoms with Crippen molar-refractivity contribution in [2.45, 2.75) is 38.5 Å². The molecule has 0 saturated heterocycles. The van der Waals surface area contributed by atoms with E-state index in [1.54, 1.807) is 0 Å². The van der Waals surface area contributed by atoms with Gasteiger partial charge in [0.1, 0.15) is 0 Å². The summed E-state index contributed by atoms with van der Waals surface area (Å²) in [5.41, 5.74) is -1.82. The van der Waals surface area contributed by atoms with Crippen molar-refractivity contribution >= 4 is 23.9 Å². The van der Waals surface area contributed by atoms with E-state index in [0.29, 0.717) is 36.8 Å². The summed E-state index contributed by atoms with van der Waals surface area (Å²) in [5, 5.41) is 0. The molecule has 0 saturated carbocycles. The summed E-state index contributed by atoms with van der Waals surface area (Å²) in [6.07, 6.45) is 5.81. The van der Waals surface area contributed by atoms with Crippen molar-refractivity contribution < 1.29 is 38.1 Å². The minimum absolute atomic E-state index is 0.264. The average Bonchev–Trinajstić information content (AvgIpc) is 3.35. The molecule has 8 heteroatoms. The Morgan fingerprint density at radius 1 is 0.679 bits per heavy atom. The molecule has 0 aromatic heterocycles. The first-order valence-electron chi connectivity index (χ1n) is 9.07. The van der Waals surface area contributed by atoms with Crippen LogP contribution in [0.25, 0.3) is 0 Å². The zero-order valence-corrected chi connectivity index (χ0v) is 16.7. The van der Waals surface area contributed by atoms with Gasteiger partial charge in [-0.3, -0.25) is 19.2 Å². The molecular weight excluding hydrogens is 368 g/mol. The first-order valence-corrected chi connectivity index (χ1v) is 9.07. The molecular formula is C20H26O8. The Kier molecular flexibility index (Phi) is 6.64. The van der Waals surface area contributed by atoms with E-state index in [4.69, 9.17) is 18.9 Å². The molecule has 0 spiro atoms. The monoisotopic (exact) mass is 394 g/mol. The van der Waals surface area contributed by atoms with Gasteiger partial charge in [-0.05, 0) is 49.7 Å². The van der Waals surface area contributed by atoms with Gasteiger partial charge in [0.05, 0.1) is 28.4 Å². The normalized spacial score (nSPS) is 19.3. The number of hydrogen-bond donors (Lipinski definition) is 0. The van der Waals surface area contributed by atoms with Crippen LogP contribution >= 0.6 is 0 Å². The quantitative estimate of drug-likeness (QED) is 0.279. The van der Waals surface area contributed by atoms with Gasteiger partial charge >= 0.3 is 23.9 Å². The summed E-state index contributed by atoms with van der Waals surface area (Å²) in [6.45, 7) is 0. The third-order valence-corrected chi connectivity index (χ3v) is 5.72. The topological polar surface area (TPSA) is 105 Å². The van der Waals surface area contributed by atoms with Gasteiger partial charge in [0, 0.05) is 0 Å². The molecule has 0 radical (unpaired) electrons. The summed E-state index contributed by atoms with van der Waals surface area (Å²) in [5.74, 6) is -2.68.